The fraction of sp³-hybridized carbons (Fsp3) is 0.455. The van der Waals surface area contributed by atoms with Crippen molar-refractivity contribution in [3.63, 3.8) is 0 Å². The molecule has 0 saturated carbocycles. The zero-order chi connectivity index (χ0) is 12.5. The van der Waals surface area contributed by atoms with Crippen LogP contribution < -0.4 is 0 Å². The lowest BCUT2D eigenvalue weighted by Gasteiger charge is -2.15. The Hall–Kier alpha value is -1.43. The van der Waals surface area contributed by atoms with E-state index in [0.717, 1.165) is 0 Å². The van der Waals surface area contributed by atoms with Gasteiger partial charge in [0, 0.05) is 37.3 Å². The third-order valence-corrected chi connectivity index (χ3v) is 4.56. The standard InChI is InChI=1S/C11H14N2O3S/c1-17(15,16)10-4-7-13(8-10)11(14)9-2-5-12-6-3-9/h2-3,5-6,10H,4,7-8H2,1H3/t10-/m0/s1. The number of hydrogen-bond acceptors (Lipinski definition) is 4. The van der Waals surface area contributed by atoms with E-state index in [9.17, 15) is 13.2 Å². The molecule has 5 nitrogen and oxygen atoms in total. The molecule has 1 aromatic heterocycles. The molecule has 0 radical (unpaired) electrons. The van der Waals surface area contributed by atoms with Gasteiger partial charge in [0.2, 0.25) is 0 Å². The van der Waals surface area contributed by atoms with Crippen LogP contribution in [0.4, 0.5) is 0 Å². The second-order valence-corrected chi connectivity index (χ2v) is 6.55. The Morgan fingerprint density at radius 2 is 2.06 bits per heavy atom. The molecule has 0 unspecified atom stereocenters. The highest BCUT2D eigenvalue weighted by atomic mass is 32.2. The summed E-state index contributed by atoms with van der Waals surface area (Å²) >= 11 is 0. The molecule has 2 rings (SSSR count). The van der Waals surface area contributed by atoms with Crippen LogP contribution in [-0.2, 0) is 9.84 Å². The molecule has 1 saturated heterocycles. The molecule has 1 aliphatic heterocycles. The van der Waals surface area contributed by atoms with Gasteiger partial charge in [-0.3, -0.25) is 9.78 Å². The van der Waals surface area contributed by atoms with E-state index in [2.05, 4.69) is 4.98 Å². The summed E-state index contributed by atoms with van der Waals surface area (Å²) in [6, 6.07) is 3.27. The van der Waals surface area contributed by atoms with Crippen LogP contribution in [0, 0.1) is 0 Å². The Morgan fingerprint density at radius 1 is 1.41 bits per heavy atom. The van der Waals surface area contributed by atoms with Crippen LogP contribution in [0.3, 0.4) is 0 Å². The molecule has 2 heterocycles. The summed E-state index contributed by atoms with van der Waals surface area (Å²) in [5.74, 6) is -0.126. The van der Waals surface area contributed by atoms with Gasteiger partial charge in [-0.1, -0.05) is 0 Å². The molecule has 0 spiro atoms. The summed E-state index contributed by atoms with van der Waals surface area (Å²) in [5, 5.41) is -0.423. The molecule has 6 heteroatoms. The summed E-state index contributed by atoms with van der Waals surface area (Å²) in [4.78, 5) is 17.4. The number of hydrogen-bond donors (Lipinski definition) is 0. The molecule has 0 aromatic carbocycles. The molecule has 1 atom stereocenters. The van der Waals surface area contributed by atoms with E-state index < -0.39 is 15.1 Å². The normalized spacial score (nSPS) is 20.5. The van der Waals surface area contributed by atoms with Gasteiger partial charge in [0.1, 0.15) is 0 Å². The molecule has 1 fully saturated rings. The number of amides is 1. The maximum atomic E-state index is 12.0. The van der Waals surface area contributed by atoms with E-state index in [1.165, 1.54) is 6.26 Å². The minimum absolute atomic E-state index is 0.126. The van der Waals surface area contributed by atoms with Crippen molar-refractivity contribution in [3.05, 3.63) is 30.1 Å². The lowest BCUT2D eigenvalue weighted by Crippen LogP contribution is -2.31. The van der Waals surface area contributed by atoms with Crippen molar-refractivity contribution in [2.24, 2.45) is 0 Å². The monoisotopic (exact) mass is 254 g/mol. The number of nitrogens with zero attached hydrogens (tertiary/aromatic N) is 2. The van der Waals surface area contributed by atoms with E-state index in [-0.39, 0.29) is 5.91 Å². The lowest BCUT2D eigenvalue weighted by atomic mass is 10.2. The van der Waals surface area contributed by atoms with Crippen LogP contribution in [0.25, 0.3) is 0 Å². The molecular weight excluding hydrogens is 240 g/mol. The summed E-state index contributed by atoms with van der Waals surface area (Å²) in [6.45, 7) is 0.791. The van der Waals surface area contributed by atoms with Crippen LogP contribution in [0.1, 0.15) is 16.8 Å². The molecule has 0 aliphatic carbocycles. The van der Waals surface area contributed by atoms with Crippen LogP contribution in [0.2, 0.25) is 0 Å². The molecule has 92 valence electrons. The van der Waals surface area contributed by atoms with Gasteiger partial charge in [-0.05, 0) is 18.6 Å². The Balaban J connectivity index is 2.10. The largest absolute Gasteiger partial charge is 0.337 e. The minimum Gasteiger partial charge on any atom is -0.337 e. The van der Waals surface area contributed by atoms with Crippen LogP contribution in [0.15, 0.2) is 24.5 Å². The molecule has 1 aromatic rings. The fourth-order valence-corrected chi connectivity index (χ4v) is 2.92. The third kappa shape index (κ3) is 2.63. The van der Waals surface area contributed by atoms with E-state index in [1.54, 1.807) is 29.4 Å². The van der Waals surface area contributed by atoms with E-state index in [1.807, 2.05) is 0 Å². The Morgan fingerprint density at radius 3 is 2.59 bits per heavy atom. The average Bonchev–Trinajstić information content (AvgIpc) is 2.78. The SMILES string of the molecule is CS(=O)(=O)[C@H]1CCN(C(=O)c2ccncc2)C1. The second kappa shape index (κ2) is 4.44. The maximum Gasteiger partial charge on any atom is 0.254 e. The Bertz CT molecular complexity index is 513. The highest BCUT2D eigenvalue weighted by Crippen LogP contribution is 2.18. The predicted molar refractivity (Wildman–Crippen MR) is 63.4 cm³/mol. The lowest BCUT2D eigenvalue weighted by molar-refractivity contribution is 0.0793. The van der Waals surface area contributed by atoms with Crippen LogP contribution in [0.5, 0.6) is 0 Å². The predicted octanol–water partition coefficient (Wildman–Crippen LogP) is 0.341. The van der Waals surface area contributed by atoms with Crippen molar-refractivity contribution in [2.45, 2.75) is 11.7 Å². The summed E-state index contributed by atoms with van der Waals surface area (Å²) in [7, 11) is -3.06. The molecule has 1 aliphatic rings. The van der Waals surface area contributed by atoms with Crippen molar-refractivity contribution >= 4 is 15.7 Å². The zero-order valence-electron chi connectivity index (χ0n) is 9.54. The smallest absolute Gasteiger partial charge is 0.254 e. The highest BCUT2D eigenvalue weighted by Gasteiger charge is 2.32. The summed E-state index contributed by atoms with van der Waals surface area (Å²) < 4.78 is 22.8. The first kappa shape index (κ1) is 12.0. The molecular formula is C11H14N2O3S. The van der Waals surface area contributed by atoms with E-state index >= 15 is 0 Å². The van der Waals surface area contributed by atoms with Crippen molar-refractivity contribution < 1.29 is 13.2 Å². The second-order valence-electron chi connectivity index (χ2n) is 4.23. The number of rotatable bonds is 2. The number of carbonyl (C=O) groups is 1. The average molecular weight is 254 g/mol. The van der Waals surface area contributed by atoms with E-state index in [0.29, 0.717) is 25.1 Å². The van der Waals surface area contributed by atoms with Gasteiger partial charge < -0.3 is 4.90 Å². The first-order chi connectivity index (χ1) is 7.98. The van der Waals surface area contributed by atoms with Crippen molar-refractivity contribution in [3.8, 4) is 0 Å². The third-order valence-electron chi connectivity index (χ3n) is 2.96. The van der Waals surface area contributed by atoms with Gasteiger partial charge in [0.05, 0.1) is 5.25 Å². The molecule has 1 amide bonds. The van der Waals surface area contributed by atoms with Crippen molar-refractivity contribution in [1.29, 1.82) is 0 Å². The number of carbonyl (C=O) groups excluding carboxylic acids is 1. The molecule has 0 bridgehead atoms. The van der Waals surface area contributed by atoms with Crippen molar-refractivity contribution in [2.75, 3.05) is 19.3 Å². The number of pyridine rings is 1. The number of sulfone groups is 1. The fourth-order valence-electron chi connectivity index (χ4n) is 1.94. The number of aromatic nitrogens is 1. The Kier molecular flexibility index (Phi) is 3.15. The first-order valence-electron chi connectivity index (χ1n) is 5.36. The molecule has 0 N–H and O–H groups in total. The van der Waals surface area contributed by atoms with Crippen LogP contribution in [-0.4, -0.2) is 48.8 Å². The minimum atomic E-state index is -3.06. The van der Waals surface area contributed by atoms with Crippen molar-refractivity contribution in [1.82, 2.24) is 9.88 Å². The molecule has 17 heavy (non-hydrogen) atoms. The summed E-state index contributed by atoms with van der Waals surface area (Å²) in [5.41, 5.74) is 0.550. The van der Waals surface area contributed by atoms with Gasteiger partial charge in [-0.2, -0.15) is 0 Å². The van der Waals surface area contributed by atoms with E-state index in [4.69, 9.17) is 0 Å². The topological polar surface area (TPSA) is 67.3 Å². The number of likely N-dealkylation sites (tertiary alicyclic amines) is 1. The quantitative estimate of drug-likeness (QED) is 0.763. The van der Waals surface area contributed by atoms with Gasteiger partial charge in [0.25, 0.3) is 5.91 Å². The maximum absolute atomic E-state index is 12.0. The highest BCUT2D eigenvalue weighted by molar-refractivity contribution is 7.91. The van der Waals surface area contributed by atoms with Gasteiger partial charge in [0.15, 0.2) is 9.84 Å². The summed E-state index contributed by atoms with van der Waals surface area (Å²) in [6.07, 6.45) is 4.85. The van der Waals surface area contributed by atoms with Crippen LogP contribution >= 0.6 is 0 Å². The van der Waals surface area contributed by atoms with Gasteiger partial charge >= 0.3 is 0 Å². The first-order valence-corrected chi connectivity index (χ1v) is 7.32. The van der Waals surface area contributed by atoms with Gasteiger partial charge in [-0.15, -0.1) is 0 Å². The Labute approximate surface area is 100 Å². The van der Waals surface area contributed by atoms with Gasteiger partial charge in [-0.25, -0.2) is 8.42 Å². The zero-order valence-corrected chi connectivity index (χ0v) is 10.4.